The lowest BCUT2D eigenvalue weighted by atomic mass is 10.1. The van der Waals surface area contributed by atoms with Gasteiger partial charge in [-0.3, -0.25) is 0 Å². The summed E-state index contributed by atoms with van der Waals surface area (Å²) in [6.07, 6.45) is 2.88. The van der Waals surface area contributed by atoms with Crippen LogP contribution in [0.2, 0.25) is 0 Å². The van der Waals surface area contributed by atoms with E-state index in [9.17, 15) is 8.78 Å². The molecule has 0 aliphatic carbocycles. The summed E-state index contributed by atoms with van der Waals surface area (Å²) in [6, 6.07) is 3.23. The second kappa shape index (κ2) is 5.71. The Morgan fingerprint density at radius 1 is 1.26 bits per heavy atom. The fourth-order valence-corrected chi connectivity index (χ4v) is 1.53. The molecule has 1 aromatic heterocycles. The molecule has 1 heterocycles. The maximum atomic E-state index is 13.6. The van der Waals surface area contributed by atoms with E-state index in [0.29, 0.717) is 18.1 Å². The molecule has 0 fully saturated rings. The molecule has 0 spiro atoms. The van der Waals surface area contributed by atoms with Crippen molar-refractivity contribution in [3.05, 3.63) is 42.2 Å². The molecule has 0 saturated carbocycles. The summed E-state index contributed by atoms with van der Waals surface area (Å²) in [6.45, 7) is 2.39. The van der Waals surface area contributed by atoms with E-state index in [2.05, 4.69) is 15.3 Å². The number of nitrogens with zero attached hydrogens (tertiary/aromatic N) is 2. The molecule has 0 bridgehead atoms. The number of halogens is 2. The number of hydrogen-bond donors (Lipinski definition) is 2. The molecule has 6 heteroatoms. The Labute approximate surface area is 109 Å². The van der Waals surface area contributed by atoms with Crippen LogP contribution in [0.3, 0.4) is 0 Å². The molecular formula is C13H14F2N4. The summed E-state index contributed by atoms with van der Waals surface area (Å²) in [5.41, 5.74) is 6.15. The molecule has 2 rings (SSSR count). The highest BCUT2D eigenvalue weighted by molar-refractivity contribution is 5.62. The Morgan fingerprint density at radius 3 is 2.58 bits per heavy atom. The Hall–Kier alpha value is -2.08. The van der Waals surface area contributed by atoms with Gasteiger partial charge in [0.2, 0.25) is 5.95 Å². The number of benzene rings is 1. The van der Waals surface area contributed by atoms with Crippen LogP contribution in [-0.2, 0) is 0 Å². The minimum Gasteiger partial charge on any atom is -0.353 e. The first kappa shape index (κ1) is 13.4. The Balaban J connectivity index is 2.20. The maximum Gasteiger partial charge on any atom is 0.222 e. The van der Waals surface area contributed by atoms with Gasteiger partial charge in [-0.1, -0.05) is 0 Å². The summed E-state index contributed by atoms with van der Waals surface area (Å²) in [7, 11) is 0. The van der Waals surface area contributed by atoms with E-state index in [1.54, 1.807) is 0 Å². The predicted octanol–water partition coefficient (Wildman–Crippen LogP) is 2.18. The molecule has 1 aromatic carbocycles. The van der Waals surface area contributed by atoms with Crippen molar-refractivity contribution < 1.29 is 8.78 Å². The van der Waals surface area contributed by atoms with Crippen LogP contribution in [0, 0.1) is 11.6 Å². The molecule has 3 N–H and O–H groups in total. The van der Waals surface area contributed by atoms with Crippen molar-refractivity contribution >= 4 is 5.95 Å². The fraction of sp³-hybridized carbons (Fsp3) is 0.231. The highest BCUT2D eigenvalue weighted by atomic mass is 19.1. The number of rotatable bonds is 4. The number of nitrogens with two attached hydrogens (primary N) is 1. The number of nitrogens with one attached hydrogen (secondary N) is 1. The SMILES string of the molecule is CC(N)CNc1ncc(-c2cc(F)ccc2F)cn1. The standard InChI is InChI=1S/C13H14F2N4/c1-8(16)5-17-13-18-6-9(7-19-13)11-4-10(14)2-3-12(11)15/h2-4,6-8H,5,16H2,1H3,(H,17,18,19). The normalized spacial score (nSPS) is 12.2. The van der Waals surface area contributed by atoms with Crippen LogP contribution < -0.4 is 11.1 Å². The average molecular weight is 264 g/mol. The van der Waals surface area contributed by atoms with E-state index in [0.717, 1.165) is 18.2 Å². The van der Waals surface area contributed by atoms with Crippen molar-refractivity contribution in [3.63, 3.8) is 0 Å². The highest BCUT2D eigenvalue weighted by Crippen LogP contribution is 2.22. The second-order valence-corrected chi connectivity index (χ2v) is 4.28. The van der Waals surface area contributed by atoms with Gasteiger partial charge in [0, 0.05) is 36.1 Å². The van der Waals surface area contributed by atoms with Crippen LogP contribution in [0.4, 0.5) is 14.7 Å². The van der Waals surface area contributed by atoms with Crippen molar-refractivity contribution in [2.75, 3.05) is 11.9 Å². The third-order valence-electron chi connectivity index (χ3n) is 2.47. The van der Waals surface area contributed by atoms with Crippen molar-refractivity contribution in [3.8, 4) is 11.1 Å². The fourth-order valence-electron chi connectivity index (χ4n) is 1.53. The van der Waals surface area contributed by atoms with Gasteiger partial charge in [-0.25, -0.2) is 18.7 Å². The van der Waals surface area contributed by atoms with E-state index in [1.165, 1.54) is 12.4 Å². The number of hydrogen-bond acceptors (Lipinski definition) is 4. The van der Waals surface area contributed by atoms with Crippen LogP contribution in [-0.4, -0.2) is 22.6 Å². The lowest BCUT2D eigenvalue weighted by Gasteiger charge is -2.08. The van der Waals surface area contributed by atoms with Gasteiger partial charge in [0.25, 0.3) is 0 Å². The van der Waals surface area contributed by atoms with Crippen molar-refractivity contribution in [1.29, 1.82) is 0 Å². The van der Waals surface area contributed by atoms with E-state index in [1.807, 2.05) is 6.92 Å². The monoisotopic (exact) mass is 264 g/mol. The van der Waals surface area contributed by atoms with Crippen molar-refractivity contribution in [2.24, 2.45) is 5.73 Å². The highest BCUT2D eigenvalue weighted by Gasteiger charge is 2.08. The molecular weight excluding hydrogens is 250 g/mol. The largest absolute Gasteiger partial charge is 0.353 e. The van der Waals surface area contributed by atoms with Crippen LogP contribution in [0.5, 0.6) is 0 Å². The summed E-state index contributed by atoms with van der Waals surface area (Å²) < 4.78 is 26.6. The van der Waals surface area contributed by atoms with Gasteiger partial charge in [0.1, 0.15) is 11.6 Å². The summed E-state index contributed by atoms with van der Waals surface area (Å²) in [5.74, 6) is -0.616. The van der Waals surface area contributed by atoms with Gasteiger partial charge in [-0.15, -0.1) is 0 Å². The lowest BCUT2D eigenvalue weighted by molar-refractivity contribution is 0.603. The quantitative estimate of drug-likeness (QED) is 0.888. The Bertz CT molecular complexity index is 555. The van der Waals surface area contributed by atoms with E-state index < -0.39 is 11.6 Å². The first-order valence-corrected chi connectivity index (χ1v) is 5.83. The van der Waals surface area contributed by atoms with Crippen LogP contribution >= 0.6 is 0 Å². The van der Waals surface area contributed by atoms with Gasteiger partial charge >= 0.3 is 0 Å². The predicted molar refractivity (Wildman–Crippen MR) is 69.5 cm³/mol. The minimum absolute atomic E-state index is 0.0241. The smallest absolute Gasteiger partial charge is 0.222 e. The second-order valence-electron chi connectivity index (χ2n) is 4.28. The zero-order valence-corrected chi connectivity index (χ0v) is 10.4. The molecule has 1 atom stereocenters. The Morgan fingerprint density at radius 2 is 1.95 bits per heavy atom. The molecule has 4 nitrogen and oxygen atoms in total. The van der Waals surface area contributed by atoms with Crippen molar-refractivity contribution in [1.82, 2.24) is 9.97 Å². The molecule has 1 unspecified atom stereocenters. The molecule has 19 heavy (non-hydrogen) atoms. The van der Waals surface area contributed by atoms with E-state index in [-0.39, 0.29) is 11.6 Å². The van der Waals surface area contributed by atoms with E-state index in [4.69, 9.17) is 5.73 Å². The van der Waals surface area contributed by atoms with Gasteiger partial charge in [0.15, 0.2) is 0 Å². The van der Waals surface area contributed by atoms with Gasteiger partial charge in [-0.05, 0) is 25.1 Å². The summed E-state index contributed by atoms with van der Waals surface area (Å²) in [5, 5.41) is 2.93. The van der Waals surface area contributed by atoms with E-state index >= 15 is 0 Å². The summed E-state index contributed by atoms with van der Waals surface area (Å²) >= 11 is 0. The van der Waals surface area contributed by atoms with Gasteiger partial charge in [0.05, 0.1) is 0 Å². The first-order valence-electron chi connectivity index (χ1n) is 5.83. The minimum atomic E-state index is -0.513. The third-order valence-corrected chi connectivity index (χ3v) is 2.47. The van der Waals surface area contributed by atoms with Crippen LogP contribution in [0.25, 0.3) is 11.1 Å². The number of anilines is 1. The third kappa shape index (κ3) is 3.45. The van der Waals surface area contributed by atoms with Crippen LogP contribution in [0.1, 0.15) is 6.92 Å². The molecule has 0 saturated heterocycles. The zero-order chi connectivity index (χ0) is 13.8. The summed E-state index contributed by atoms with van der Waals surface area (Å²) in [4.78, 5) is 8.06. The first-order chi connectivity index (χ1) is 9.06. The molecule has 0 aliphatic heterocycles. The topological polar surface area (TPSA) is 63.8 Å². The molecule has 0 amide bonds. The van der Waals surface area contributed by atoms with Gasteiger partial charge in [-0.2, -0.15) is 0 Å². The molecule has 2 aromatic rings. The van der Waals surface area contributed by atoms with Crippen molar-refractivity contribution in [2.45, 2.75) is 13.0 Å². The van der Waals surface area contributed by atoms with Gasteiger partial charge < -0.3 is 11.1 Å². The molecule has 0 aliphatic rings. The molecule has 100 valence electrons. The zero-order valence-electron chi connectivity index (χ0n) is 10.4. The maximum absolute atomic E-state index is 13.6. The molecule has 0 radical (unpaired) electrons. The lowest BCUT2D eigenvalue weighted by Crippen LogP contribution is -2.25. The average Bonchev–Trinajstić information content (AvgIpc) is 2.40. The van der Waals surface area contributed by atoms with Crippen LogP contribution in [0.15, 0.2) is 30.6 Å². The number of aromatic nitrogens is 2. The Kier molecular flexibility index (Phi) is 4.01.